The van der Waals surface area contributed by atoms with E-state index in [-0.39, 0.29) is 30.7 Å². The van der Waals surface area contributed by atoms with E-state index in [1.54, 1.807) is 38.1 Å². The molecular formula is C29H41N7O5. The van der Waals surface area contributed by atoms with Gasteiger partial charge in [-0.05, 0) is 62.3 Å². The number of aromatic nitrogens is 2. The number of hydrogen-bond donors (Lipinski definition) is 3. The van der Waals surface area contributed by atoms with Crippen molar-refractivity contribution >= 4 is 23.7 Å². The van der Waals surface area contributed by atoms with Crippen LogP contribution in [0, 0.1) is 12.8 Å². The van der Waals surface area contributed by atoms with Crippen LogP contribution in [0.4, 0.5) is 4.79 Å². The van der Waals surface area contributed by atoms with Crippen molar-refractivity contribution in [1.82, 2.24) is 30.6 Å². The molecule has 1 aromatic carbocycles. The number of aryl methyl sites for hydroxylation is 2. The maximum absolute atomic E-state index is 13.6. The van der Waals surface area contributed by atoms with Gasteiger partial charge in [-0.3, -0.25) is 19.3 Å². The standard InChI is InChI=1S/C29H41N7O5/c1-5-40-29(39)33-24-14-25(37)36-11-6-7-20(17-36)10-12-41-23-9-8-19(2)21(13-23)15-31-28(38)26(34-27(24)30-3)22-16-32-35(4)18-22/h8-9,13,16,18,20,24,26H,5-7,10-12,14-15,17H2,1-4H3,(H,30,34)(H,31,38)(H,33,39)/t20?,24-,26?/m0/s1. The quantitative estimate of drug-likeness (QED) is 0.517. The average molecular weight is 568 g/mol. The van der Waals surface area contributed by atoms with Crippen LogP contribution in [0.1, 0.15) is 55.3 Å². The predicted molar refractivity (Wildman–Crippen MR) is 153 cm³/mol. The topological polar surface area (TPSA) is 139 Å². The second-order valence-electron chi connectivity index (χ2n) is 10.5. The molecule has 3 N–H and O–H groups in total. The first kappa shape index (κ1) is 29.9. The van der Waals surface area contributed by atoms with E-state index in [0.29, 0.717) is 37.7 Å². The summed E-state index contributed by atoms with van der Waals surface area (Å²) in [6.07, 6.45) is 5.39. The Morgan fingerprint density at radius 3 is 2.85 bits per heavy atom. The third-order valence-corrected chi connectivity index (χ3v) is 7.57. The summed E-state index contributed by atoms with van der Waals surface area (Å²) < 4.78 is 12.8. The van der Waals surface area contributed by atoms with Gasteiger partial charge in [0.2, 0.25) is 11.8 Å². The Labute approximate surface area is 240 Å². The van der Waals surface area contributed by atoms with Gasteiger partial charge in [0, 0.05) is 45.5 Å². The van der Waals surface area contributed by atoms with Gasteiger partial charge in [0.25, 0.3) is 0 Å². The molecule has 0 aliphatic carbocycles. The SMILES string of the molecule is CCOC(=O)N[C@H]1CC(=O)N2CCCC(CCOc3ccc(C)c(c3)CNC(=O)C(c3cnn(C)c3)NC1=NC)C2. The number of ether oxygens (including phenoxy) is 2. The van der Waals surface area contributed by atoms with Crippen molar-refractivity contribution in [2.75, 3.05) is 33.4 Å². The molecule has 12 heteroatoms. The first-order valence-electron chi connectivity index (χ1n) is 14.2. The molecule has 3 atom stereocenters. The van der Waals surface area contributed by atoms with Crippen molar-refractivity contribution in [2.45, 2.75) is 58.2 Å². The average Bonchev–Trinajstić information content (AvgIpc) is 3.38. The van der Waals surface area contributed by atoms with Crippen LogP contribution in [0.25, 0.3) is 0 Å². The molecular weight excluding hydrogens is 526 g/mol. The number of benzene rings is 1. The Bertz CT molecular complexity index is 1260. The lowest BCUT2D eigenvalue weighted by atomic mass is 9.94. The molecule has 3 amide bonds. The monoisotopic (exact) mass is 567 g/mol. The molecule has 1 aromatic heterocycles. The highest BCUT2D eigenvalue weighted by Gasteiger charge is 2.32. The number of nitrogens with zero attached hydrogens (tertiary/aromatic N) is 4. The number of piperidine rings is 1. The van der Waals surface area contributed by atoms with E-state index in [1.165, 1.54) is 0 Å². The van der Waals surface area contributed by atoms with Crippen LogP contribution in [0.2, 0.25) is 0 Å². The third kappa shape index (κ3) is 7.99. The minimum Gasteiger partial charge on any atom is -0.494 e. The van der Waals surface area contributed by atoms with Crippen LogP contribution >= 0.6 is 0 Å². The van der Waals surface area contributed by atoms with Gasteiger partial charge in [0.05, 0.1) is 31.9 Å². The summed E-state index contributed by atoms with van der Waals surface area (Å²) >= 11 is 0. The molecule has 1 saturated heterocycles. The zero-order valence-electron chi connectivity index (χ0n) is 24.3. The lowest BCUT2D eigenvalue weighted by Crippen LogP contribution is -2.53. The summed E-state index contributed by atoms with van der Waals surface area (Å²) in [6.45, 7) is 5.98. The number of rotatable bonds is 3. The smallest absolute Gasteiger partial charge is 0.407 e. The highest BCUT2D eigenvalue weighted by molar-refractivity contribution is 5.97. The number of aliphatic imine (C=N–C) groups is 1. The predicted octanol–water partition coefficient (Wildman–Crippen LogP) is 2.23. The highest BCUT2D eigenvalue weighted by atomic mass is 16.5. The fourth-order valence-corrected chi connectivity index (χ4v) is 5.28. The first-order valence-corrected chi connectivity index (χ1v) is 14.2. The number of carbonyl (C=O) groups is 3. The van der Waals surface area contributed by atoms with Gasteiger partial charge in [-0.1, -0.05) is 6.07 Å². The molecule has 3 heterocycles. The lowest BCUT2D eigenvalue weighted by Gasteiger charge is -2.34. The van der Waals surface area contributed by atoms with Crippen LogP contribution in [0.3, 0.4) is 0 Å². The van der Waals surface area contributed by atoms with Gasteiger partial charge in [-0.25, -0.2) is 4.79 Å². The van der Waals surface area contributed by atoms with Crippen molar-refractivity contribution < 1.29 is 23.9 Å². The van der Waals surface area contributed by atoms with E-state index >= 15 is 0 Å². The van der Waals surface area contributed by atoms with Gasteiger partial charge < -0.3 is 30.3 Å². The maximum Gasteiger partial charge on any atom is 0.407 e. The minimum atomic E-state index is -0.887. The number of amidine groups is 1. The molecule has 2 aliphatic rings. The second kappa shape index (κ2) is 14.0. The first-order chi connectivity index (χ1) is 19.8. The fraction of sp³-hybridized carbons (Fsp3) is 0.552. The van der Waals surface area contributed by atoms with E-state index in [2.05, 4.69) is 26.0 Å². The molecule has 2 aliphatic heterocycles. The Hall–Kier alpha value is -4.09. The van der Waals surface area contributed by atoms with Crippen LogP contribution in [0.5, 0.6) is 5.75 Å². The summed E-state index contributed by atoms with van der Waals surface area (Å²) in [5.74, 6) is 0.939. The largest absolute Gasteiger partial charge is 0.494 e. The molecule has 41 heavy (non-hydrogen) atoms. The summed E-state index contributed by atoms with van der Waals surface area (Å²) in [6, 6.07) is 4.17. The van der Waals surface area contributed by atoms with Gasteiger partial charge in [-0.2, -0.15) is 5.10 Å². The van der Waals surface area contributed by atoms with Crippen LogP contribution in [-0.2, 0) is 27.9 Å². The number of hydrogen-bond acceptors (Lipinski definition) is 7. The molecule has 0 saturated carbocycles. The van der Waals surface area contributed by atoms with E-state index in [0.717, 1.165) is 36.1 Å². The van der Waals surface area contributed by atoms with E-state index < -0.39 is 18.2 Å². The van der Waals surface area contributed by atoms with Crippen LogP contribution in [-0.4, -0.2) is 77.8 Å². The van der Waals surface area contributed by atoms with Crippen LogP contribution in [0.15, 0.2) is 35.6 Å². The molecule has 2 aromatic rings. The van der Waals surface area contributed by atoms with Gasteiger partial charge in [-0.15, -0.1) is 0 Å². The Morgan fingerprint density at radius 2 is 2.12 bits per heavy atom. The number of carbonyl (C=O) groups excluding carboxylic acids is 3. The van der Waals surface area contributed by atoms with Crippen molar-refractivity contribution in [3.63, 3.8) is 0 Å². The molecule has 1 fully saturated rings. The lowest BCUT2D eigenvalue weighted by molar-refractivity contribution is -0.133. The van der Waals surface area contributed by atoms with Crippen molar-refractivity contribution in [3.05, 3.63) is 47.3 Å². The summed E-state index contributed by atoms with van der Waals surface area (Å²) in [4.78, 5) is 45.9. The Balaban J connectivity index is 1.68. The Morgan fingerprint density at radius 1 is 1.29 bits per heavy atom. The molecule has 0 spiro atoms. The van der Waals surface area contributed by atoms with E-state index in [9.17, 15) is 14.4 Å². The molecule has 12 nitrogen and oxygen atoms in total. The number of alkyl carbamates (subject to hydrolysis) is 1. The second-order valence-corrected chi connectivity index (χ2v) is 10.5. The number of amides is 3. The van der Waals surface area contributed by atoms with E-state index in [4.69, 9.17) is 9.47 Å². The van der Waals surface area contributed by atoms with Gasteiger partial charge in [0.1, 0.15) is 17.6 Å². The Kier molecular flexibility index (Phi) is 10.2. The molecule has 4 rings (SSSR count). The fourth-order valence-electron chi connectivity index (χ4n) is 5.28. The summed E-state index contributed by atoms with van der Waals surface area (Å²) in [5.41, 5.74) is 2.59. The molecule has 222 valence electrons. The van der Waals surface area contributed by atoms with E-state index in [1.807, 2.05) is 30.0 Å². The molecule has 2 unspecified atom stereocenters. The van der Waals surface area contributed by atoms with Gasteiger partial charge >= 0.3 is 6.09 Å². The molecule has 0 radical (unpaired) electrons. The van der Waals surface area contributed by atoms with Crippen molar-refractivity contribution in [3.8, 4) is 5.75 Å². The summed E-state index contributed by atoms with van der Waals surface area (Å²) in [7, 11) is 3.32. The summed E-state index contributed by atoms with van der Waals surface area (Å²) in [5, 5.41) is 13.2. The minimum absolute atomic E-state index is 0.0349. The zero-order valence-corrected chi connectivity index (χ0v) is 24.3. The third-order valence-electron chi connectivity index (χ3n) is 7.57. The van der Waals surface area contributed by atoms with Crippen molar-refractivity contribution in [1.29, 1.82) is 0 Å². The highest BCUT2D eigenvalue weighted by Crippen LogP contribution is 2.23. The molecule has 4 bridgehead atoms. The maximum atomic E-state index is 13.6. The zero-order chi connectivity index (χ0) is 29.4. The van der Waals surface area contributed by atoms with Crippen molar-refractivity contribution in [2.24, 2.45) is 18.0 Å². The number of fused-ring (bicyclic) bond motifs is 4. The van der Waals surface area contributed by atoms with Crippen LogP contribution < -0.4 is 20.7 Å². The van der Waals surface area contributed by atoms with Gasteiger partial charge in [0.15, 0.2) is 0 Å². The normalized spacial score (nSPS) is 23.5. The number of nitrogens with one attached hydrogen (secondary N) is 3.